The maximum atomic E-state index is 11.6. The summed E-state index contributed by atoms with van der Waals surface area (Å²) in [5.41, 5.74) is 0. The highest BCUT2D eigenvalue weighted by molar-refractivity contribution is 9.10. The van der Waals surface area contributed by atoms with Gasteiger partial charge in [0.25, 0.3) is 0 Å². The number of hydrogen-bond donors (Lipinski definition) is 2. The van der Waals surface area contributed by atoms with Gasteiger partial charge in [-0.2, -0.15) is 0 Å². The second kappa shape index (κ2) is 6.70. The zero-order chi connectivity index (χ0) is 14.5. The predicted octanol–water partition coefficient (Wildman–Crippen LogP) is 3.32. The van der Waals surface area contributed by atoms with Gasteiger partial charge in [0.05, 0.1) is 0 Å². The Labute approximate surface area is 127 Å². The highest BCUT2D eigenvalue weighted by atomic mass is 79.9. The molecule has 1 amide bonds. The van der Waals surface area contributed by atoms with Gasteiger partial charge in [0.1, 0.15) is 5.82 Å². The zero-order valence-electron chi connectivity index (χ0n) is 11.6. The summed E-state index contributed by atoms with van der Waals surface area (Å²) in [6.45, 7) is 4.47. The molecule has 0 fully saturated rings. The summed E-state index contributed by atoms with van der Waals surface area (Å²) in [4.78, 5) is 15.9. The second-order valence-electron chi connectivity index (χ2n) is 4.89. The van der Waals surface area contributed by atoms with Crippen molar-refractivity contribution in [3.05, 3.63) is 34.9 Å². The number of benzene rings is 1. The van der Waals surface area contributed by atoms with E-state index in [-0.39, 0.29) is 11.9 Å². The van der Waals surface area contributed by atoms with Crippen LogP contribution in [0.25, 0.3) is 10.8 Å². The van der Waals surface area contributed by atoms with Crippen LogP contribution in [0.15, 0.2) is 34.9 Å². The largest absolute Gasteiger partial charge is 0.369 e. The summed E-state index contributed by atoms with van der Waals surface area (Å²) < 4.78 is 1.04. The maximum absolute atomic E-state index is 11.6. The SMILES string of the molecule is CC(C)NC(=O)CCNc1nccc2c(Br)cccc12. The molecule has 2 N–H and O–H groups in total. The first-order chi connectivity index (χ1) is 9.58. The number of fused-ring (bicyclic) bond motifs is 1. The topological polar surface area (TPSA) is 54.0 Å². The van der Waals surface area contributed by atoms with E-state index in [1.807, 2.05) is 38.1 Å². The Morgan fingerprint density at radius 2 is 2.10 bits per heavy atom. The van der Waals surface area contributed by atoms with Gasteiger partial charge in [0.2, 0.25) is 5.91 Å². The van der Waals surface area contributed by atoms with Gasteiger partial charge in [-0.1, -0.05) is 28.1 Å². The van der Waals surface area contributed by atoms with E-state index in [1.54, 1.807) is 6.20 Å². The summed E-state index contributed by atoms with van der Waals surface area (Å²) in [6, 6.07) is 8.14. The van der Waals surface area contributed by atoms with E-state index in [9.17, 15) is 4.79 Å². The van der Waals surface area contributed by atoms with E-state index in [2.05, 4.69) is 31.5 Å². The van der Waals surface area contributed by atoms with Crippen LogP contribution in [0.2, 0.25) is 0 Å². The number of nitrogens with zero attached hydrogens (tertiary/aromatic N) is 1. The van der Waals surface area contributed by atoms with Crippen molar-refractivity contribution in [2.24, 2.45) is 0 Å². The van der Waals surface area contributed by atoms with E-state index >= 15 is 0 Å². The van der Waals surface area contributed by atoms with Gasteiger partial charge in [-0.05, 0) is 26.0 Å². The van der Waals surface area contributed by atoms with Gasteiger partial charge in [-0.25, -0.2) is 4.98 Å². The van der Waals surface area contributed by atoms with Crippen LogP contribution in [0.3, 0.4) is 0 Å². The first kappa shape index (κ1) is 14.8. The van der Waals surface area contributed by atoms with Gasteiger partial charge in [0, 0.05) is 40.4 Å². The van der Waals surface area contributed by atoms with E-state index in [4.69, 9.17) is 0 Å². The van der Waals surface area contributed by atoms with Crippen molar-refractivity contribution in [3.8, 4) is 0 Å². The lowest BCUT2D eigenvalue weighted by atomic mass is 10.1. The highest BCUT2D eigenvalue weighted by Gasteiger charge is 2.06. The Hall–Kier alpha value is -1.62. The van der Waals surface area contributed by atoms with Crippen molar-refractivity contribution in [1.29, 1.82) is 0 Å². The van der Waals surface area contributed by atoms with Crippen molar-refractivity contribution in [1.82, 2.24) is 10.3 Å². The Kier molecular flexibility index (Phi) is 4.95. The van der Waals surface area contributed by atoms with Gasteiger partial charge in [0.15, 0.2) is 0 Å². The molecule has 4 nitrogen and oxygen atoms in total. The maximum Gasteiger partial charge on any atom is 0.221 e. The molecule has 0 saturated carbocycles. The average Bonchev–Trinajstić information content (AvgIpc) is 2.39. The van der Waals surface area contributed by atoms with Crippen molar-refractivity contribution in [2.45, 2.75) is 26.3 Å². The molecule has 2 aromatic rings. The van der Waals surface area contributed by atoms with Crippen LogP contribution in [0.1, 0.15) is 20.3 Å². The lowest BCUT2D eigenvalue weighted by Gasteiger charge is -2.11. The lowest BCUT2D eigenvalue weighted by Crippen LogP contribution is -2.31. The highest BCUT2D eigenvalue weighted by Crippen LogP contribution is 2.27. The third kappa shape index (κ3) is 3.70. The smallest absolute Gasteiger partial charge is 0.221 e. The molecular formula is C15H18BrN3O. The fourth-order valence-corrected chi connectivity index (χ4v) is 2.50. The normalized spacial score (nSPS) is 10.8. The summed E-state index contributed by atoms with van der Waals surface area (Å²) >= 11 is 3.53. The van der Waals surface area contributed by atoms with E-state index in [1.165, 1.54) is 0 Å². The minimum Gasteiger partial charge on any atom is -0.369 e. The molecule has 0 aliphatic heterocycles. The number of carbonyl (C=O) groups is 1. The van der Waals surface area contributed by atoms with Gasteiger partial charge in [-0.3, -0.25) is 4.79 Å². The third-order valence-corrected chi connectivity index (χ3v) is 3.54. The molecule has 0 aliphatic rings. The molecule has 0 bridgehead atoms. The number of nitrogens with one attached hydrogen (secondary N) is 2. The number of rotatable bonds is 5. The van der Waals surface area contributed by atoms with Crippen molar-refractivity contribution >= 4 is 38.4 Å². The summed E-state index contributed by atoms with van der Waals surface area (Å²) in [5, 5.41) is 8.25. The van der Waals surface area contributed by atoms with Crippen molar-refractivity contribution < 1.29 is 4.79 Å². The summed E-state index contributed by atoms with van der Waals surface area (Å²) in [5.74, 6) is 0.857. The van der Waals surface area contributed by atoms with Crippen LogP contribution in [0, 0.1) is 0 Å². The molecule has 0 radical (unpaired) electrons. The number of anilines is 1. The molecule has 20 heavy (non-hydrogen) atoms. The number of carbonyl (C=O) groups excluding carboxylic acids is 1. The number of amides is 1. The van der Waals surface area contributed by atoms with Crippen molar-refractivity contribution in [2.75, 3.05) is 11.9 Å². The molecule has 1 aromatic carbocycles. The molecule has 0 atom stereocenters. The Bertz CT molecular complexity index is 613. The molecule has 2 rings (SSSR count). The first-order valence-corrected chi connectivity index (χ1v) is 7.43. The molecule has 106 valence electrons. The van der Waals surface area contributed by atoms with Crippen molar-refractivity contribution in [3.63, 3.8) is 0 Å². The Balaban J connectivity index is 2.04. The zero-order valence-corrected chi connectivity index (χ0v) is 13.2. The molecule has 0 unspecified atom stereocenters. The Morgan fingerprint density at radius 1 is 1.30 bits per heavy atom. The van der Waals surface area contributed by atoms with E-state index < -0.39 is 0 Å². The predicted molar refractivity (Wildman–Crippen MR) is 85.8 cm³/mol. The summed E-state index contributed by atoms with van der Waals surface area (Å²) in [6.07, 6.45) is 2.20. The molecule has 1 heterocycles. The van der Waals surface area contributed by atoms with Gasteiger partial charge < -0.3 is 10.6 Å². The fraction of sp³-hybridized carbons (Fsp3) is 0.333. The molecular weight excluding hydrogens is 318 g/mol. The summed E-state index contributed by atoms with van der Waals surface area (Å²) in [7, 11) is 0. The van der Waals surface area contributed by atoms with E-state index in [0.717, 1.165) is 21.1 Å². The van der Waals surface area contributed by atoms with Crippen LogP contribution < -0.4 is 10.6 Å². The molecule has 0 saturated heterocycles. The van der Waals surface area contributed by atoms with Crippen LogP contribution in [-0.4, -0.2) is 23.5 Å². The standard InChI is InChI=1S/C15H18BrN3O/c1-10(2)19-14(20)7-9-18-15-12-4-3-5-13(16)11(12)6-8-17-15/h3-6,8,10H,7,9H2,1-2H3,(H,17,18)(H,19,20). The fourth-order valence-electron chi connectivity index (χ4n) is 2.00. The van der Waals surface area contributed by atoms with Gasteiger partial charge >= 0.3 is 0 Å². The minimum absolute atomic E-state index is 0.0499. The molecule has 0 aliphatic carbocycles. The Morgan fingerprint density at radius 3 is 2.85 bits per heavy atom. The number of pyridine rings is 1. The van der Waals surface area contributed by atoms with E-state index in [0.29, 0.717) is 13.0 Å². The van der Waals surface area contributed by atoms with Crippen LogP contribution in [0.4, 0.5) is 5.82 Å². The number of aromatic nitrogens is 1. The monoisotopic (exact) mass is 335 g/mol. The quantitative estimate of drug-likeness (QED) is 0.881. The average molecular weight is 336 g/mol. The third-order valence-electron chi connectivity index (χ3n) is 2.85. The van der Waals surface area contributed by atoms with Crippen LogP contribution in [-0.2, 0) is 4.79 Å². The number of hydrogen-bond acceptors (Lipinski definition) is 3. The van der Waals surface area contributed by atoms with Crippen LogP contribution in [0.5, 0.6) is 0 Å². The number of halogens is 1. The molecule has 5 heteroatoms. The minimum atomic E-state index is 0.0499. The molecule has 1 aromatic heterocycles. The van der Waals surface area contributed by atoms with Gasteiger partial charge in [-0.15, -0.1) is 0 Å². The van der Waals surface area contributed by atoms with Crippen LogP contribution >= 0.6 is 15.9 Å². The molecule has 0 spiro atoms. The first-order valence-electron chi connectivity index (χ1n) is 6.64. The second-order valence-corrected chi connectivity index (χ2v) is 5.75. The lowest BCUT2D eigenvalue weighted by molar-refractivity contribution is -0.121.